The average Bonchev–Trinajstić information content (AvgIpc) is 2.82. The number of nitrogens with one attached hydrogen (secondary N) is 1. The largest absolute Gasteiger partial charge is 0.493 e. The van der Waals surface area contributed by atoms with Gasteiger partial charge in [0.15, 0.2) is 0 Å². The second-order valence-electron chi connectivity index (χ2n) is 4.69. The Morgan fingerprint density at radius 2 is 2.09 bits per heavy atom. The van der Waals surface area contributed by atoms with Crippen LogP contribution < -0.4 is 10.1 Å². The maximum atomic E-state index is 12.5. The number of para-hydroxylation sites is 1. The first-order valence-electron chi connectivity index (χ1n) is 7.17. The Balaban J connectivity index is 2.33. The second-order valence-corrected chi connectivity index (χ2v) is 5.91. The van der Waals surface area contributed by atoms with Gasteiger partial charge < -0.3 is 10.1 Å². The van der Waals surface area contributed by atoms with Gasteiger partial charge in [0.05, 0.1) is 17.7 Å². The van der Waals surface area contributed by atoms with Gasteiger partial charge in [0.25, 0.3) is 5.91 Å². The van der Waals surface area contributed by atoms with Crippen molar-refractivity contribution in [3.8, 4) is 11.8 Å². The van der Waals surface area contributed by atoms with Crippen molar-refractivity contribution in [3.63, 3.8) is 0 Å². The molecule has 4 nitrogen and oxygen atoms in total. The van der Waals surface area contributed by atoms with Crippen LogP contribution in [-0.4, -0.2) is 12.5 Å². The van der Waals surface area contributed by atoms with Gasteiger partial charge in [0.2, 0.25) is 0 Å². The monoisotopic (exact) mass is 314 g/mol. The summed E-state index contributed by atoms with van der Waals surface area (Å²) in [5.41, 5.74) is 2.03. The third-order valence-electron chi connectivity index (χ3n) is 3.33. The van der Waals surface area contributed by atoms with E-state index < -0.39 is 0 Å². The Hall–Kier alpha value is -2.32. The van der Waals surface area contributed by atoms with E-state index in [0.29, 0.717) is 28.5 Å². The van der Waals surface area contributed by atoms with Gasteiger partial charge in [0.1, 0.15) is 16.8 Å². The number of aryl methyl sites for hydroxylation is 1. The average molecular weight is 314 g/mol. The van der Waals surface area contributed by atoms with E-state index in [1.54, 1.807) is 18.2 Å². The molecular formula is C17H18N2O2S. The van der Waals surface area contributed by atoms with Crippen LogP contribution >= 0.6 is 11.3 Å². The van der Waals surface area contributed by atoms with E-state index in [9.17, 15) is 10.1 Å². The van der Waals surface area contributed by atoms with E-state index in [1.807, 2.05) is 26.8 Å². The minimum absolute atomic E-state index is 0.260. The molecule has 0 unspecified atom stereocenters. The van der Waals surface area contributed by atoms with Gasteiger partial charge in [-0.15, -0.1) is 11.3 Å². The van der Waals surface area contributed by atoms with Crippen LogP contribution in [0.25, 0.3) is 0 Å². The zero-order chi connectivity index (χ0) is 16.1. The molecule has 1 amide bonds. The molecule has 0 saturated heterocycles. The second kappa shape index (κ2) is 7.10. The van der Waals surface area contributed by atoms with Crippen molar-refractivity contribution >= 4 is 22.2 Å². The SMILES string of the molecule is CCOc1ccccc1C(=O)Nc1sc(C)c(CC)c1C#N. The Labute approximate surface area is 134 Å². The van der Waals surface area contributed by atoms with Crippen LogP contribution in [0.15, 0.2) is 24.3 Å². The fourth-order valence-corrected chi connectivity index (χ4v) is 3.41. The van der Waals surface area contributed by atoms with Crippen LogP contribution in [0.5, 0.6) is 5.75 Å². The molecule has 114 valence electrons. The summed E-state index contributed by atoms with van der Waals surface area (Å²) in [6, 6.07) is 9.30. The van der Waals surface area contributed by atoms with Crippen LogP contribution in [0.2, 0.25) is 0 Å². The van der Waals surface area contributed by atoms with Crippen molar-refractivity contribution in [3.05, 3.63) is 45.8 Å². The van der Waals surface area contributed by atoms with Gasteiger partial charge in [-0.2, -0.15) is 5.26 Å². The molecule has 2 rings (SSSR count). The van der Waals surface area contributed by atoms with Gasteiger partial charge >= 0.3 is 0 Å². The molecule has 0 bridgehead atoms. The summed E-state index contributed by atoms with van der Waals surface area (Å²) >= 11 is 1.44. The highest BCUT2D eigenvalue weighted by atomic mass is 32.1. The number of carbonyl (C=O) groups excluding carboxylic acids is 1. The number of thiophene rings is 1. The highest BCUT2D eigenvalue weighted by Gasteiger charge is 2.18. The summed E-state index contributed by atoms with van der Waals surface area (Å²) in [6.45, 7) is 6.34. The Bertz CT molecular complexity index is 729. The molecular weight excluding hydrogens is 296 g/mol. The maximum Gasteiger partial charge on any atom is 0.260 e. The molecule has 5 heteroatoms. The summed E-state index contributed by atoms with van der Waals surface area (Å²) in [5, 5.41) is 12.8. The third-order valence-corrected chi connectivity index (χ3v) is 4.40. The van der Waals surface area contributed by atoms with Gasteiger partial charge in [-0.25, -0.2) is 0 Å². The van der Waals surface area contributed by atoms with Crippen molar-refractivity contribution in [1.82, 2.24) is 0 Å². The Morgan fingerprint density at radius 1 is 1.36 bits per heavy atom. The number of amides is 1. The molecule has 1 aromatic heterocycles. The lowest BCUT2D eigenvalue weighted by Gasteiger charge is -2.09. The molecule has 0 aliphatic carbocycles. The number of carbonyl (C=O) groups is 1. The predicted molar refractivity (Wildman–Crippen MR) is 88.7 cm³/mol. The van der Waals surface area contributed by atoms with Crippen LogP contribution in [0, 0.1) is 18.3 Å². The normalized spacial score (nSPS) is 10.1. The summed E-state index contributed by atoms with van der Waals surface area (Å²) in [5.74, 6) is 0.287. The number of ether oxygens (including phenoxy) is 1. The van der Waals surface area contributed by atoms with Gasteiger partial charge in [0, 0.05) is 4.88 Å². The highest BCUT2D eigenvalue weighted by Crippen LogP contribution is 2.33. The first-order chi connectivity index (χ1) is 10.6. The molecule has 1 N–H and O–H groups in total. The van der Waals surface area contributed by atoms with Crippen molar-refractivity contribution in [1.29, 1.82) is 5.26 Å². The molecule has 0 atom stereocenters. The van der Waals surface area contributed by atoms with Crippen molar-refractivity contribution in [2.75, 3.05) is 11.9 Å². The van der Waals surface area contributed by atoms with Crippen LogP contribution in [0.4, 0.5) is 5.00 Å². The maximum absolute atomic E-state index is 12.5. The molecule has 1 aromatic carbocycles. The van der Waals surface area contributed by atoms with E-state index in [4.69, 9.17) is 4.74 Å². The summed E-state index contributed by atoms with van der Waals surface area (Å²) in [6.07, 6.45) is 0.774. The zero-order valence-electron chi connectivity index (χ0n) is 12.9. The first kappa shape index (κ1) is 16.1. The van der Waals surface area contributed by atoms with Crippen LogP contribution in [-0.2, 0) is 6.42 Å². The number of anilines is 1. The molecule has 0 spiro atoms. The van der Waals surface area contributed by atoms with E-state index >= 15 is 0 Å². The fourth-order valence-electron chi connectivity index (χ4n) is 2.32. The molecule has 0 aliphatic rings. The third kappa shape index (κ3) is 3.12. The summed E-state index contributed by atoms with van der Waals surface area (Å²) in [4.78, 5) is 13.6. The minimum atomic E-state index is -0.260. The predicted octanol–water partition coefficient (Wildman–Crippen LogP) is 4.14. The summed E-state index contributed by atoms with van der Waals surface area (Å²) in [7, 11) is 0. The first-order valence-corrected chi connectivity index (χ1v) is 7.99. The molecule has 2 aromatic rings. The summed E-state index contributed by atoms with van der Waals surface area (Å²) < 4.78 is 5.48. The smallest absolute Gasteiger partial charge is 0.260 e. The number of hydrogen-bond acceptors (Lipinski definition) is 4. The molecule has 0 fully saturated rings. The lowest BCUT2D eigenvalue weighted by atomic mass is 10.1. The Kier molecular flexibility index (Phi) is 5.18. The molecule has 1 heterocycles. The number of rotatable bonds is 5. The highest BCUT2D eigenvalue weighted by molar-refractivity contribution is 7.16. The standard InChI is InChI=1S/C17H18N2O2S/c1-4-12-11(3)22-17(14(12)10-18)19-16(20)13-8-6-7-9-15(13)21-5-2/h6-9H,4-5H2,1-3H3,(H,19,20). The number of nitrogens with zero attached hydrogens (tertiary/aromatic N) is 1. The van der Waals surface area contributed by atoms with E-state index in [0.717, 1.165) is 16.9 Å². The topological polar surface area (TPSA) is 62.1 Å². The van der Waals surface area contributed by atoms with E-state index in [1.165, 1.54) is 11.3 Å². The van der Waals surface area contributed by atoms with Crippen LogP contribution in [0.1, 0.15) is 40.2 Å². The number of nitriles is 1. The fraction of sp³-hybridized carbons (Fsp3) is 0.294. The number of hydrogen-bond donors (Lipinski definition) is 1. The molecule has 22 heavy (non-hydrogen) atoms. The van der Waals surface area contributed by atoms with Crippen molar-refractivity contribution in [2.24, 2.45) is 0 Å². The lowest BCUT2D eigenvalue weighted by molar-refractivity contribution is 0.102. The Morgan fingerprint density at radius 3 is 2.73 bits per heavy atom. The molecule has 0 radical (unpaired) electrons. The van der Waals surface area contributed by atoms with Crippen molar-refractivity contribution in [2.45, 2.75) is 27.2 Å². The zero-order valence-corrected chi connectivity index (χ0v) is 13.7. The quantitative estimate of drug-likeness (QED) is 0.902. The molecule has 0 aliphatic heterocycles. The lowest BCUT2D eigenvalue weighted by Crippen LogP contribution is -2.13. The van der Waals surface area contributed by atoms with E-state index in [-0.39, 0.29) is 5.91 Å². The van der Waals surface area contributed by atoms with Gasteiger partial charge in [-0.1, -0.05) is 19.1 Å². The van der Waals surface area contributed by atoms with Crippen molar-refractivity contribution < 1.29 is 9.53 Å². The minimum Gasteiger partial charge on any atom is -0.493 e. The van der Waals surface area contributed by atoms with Gasteiger partial charge in [-0.3, -0.25) is 4.79 Å². The van der Waals surface area contributed by atoms with Crippen LogP contribution in [0.3, 0.4) is 0 Å². The van der Waals surface area contributed by atoms with Gasteiger partial charge in [-0.05, 0) is 38.0 Å². The van der Waals surface area contributed by atoms with E-state index in [2.05, 4.69) is 11.4 Å². The molecule has 0 saturated carbocycles. The number of benzene rings is 1.